The molecule has 2 rings (SSSR count). The number of unbranched alkanes of at least 4 members (excludes halogenated alkanes) is 9. The van der Waals surface area contributed by atoms with Gasteiger partial charge >= 0.3 is 5.97 Å². The van der Waals surface area contributed by atoms with Gasteiger partial charge in [-0.1, -0.05) is 145 Å². The maximum Gasteiger partial charge on any atom is 0.303 e. The molecule has 0 aromatic rings. The fraction of sp³-hybridized carbons (Fsp3) is 0.708. The fourth-order valence-electron chi connectivity index (χ4n) is 12.5. The number of nitrogens with zero attached hydrogens (tertiary/aromatic N) is 9. The number of ketones is 1. The molecule has 9 amide bonds. The SMILES string of the molecule is CN.CN1C(=O)C=CC1=O.[3H]P(C)C(=O)CCC(C)(CC(C(N)=O)C(C)(C#N)CCC(=O)CC)[N+]#[C-].[3H]P(C)C(=O)CCC(C)(CC(C(N)=O)C(C)(C#N)CCC(=O)O)[N+]#[C-].[3H]P(C)C(=O)CCC(C)(CC(C)C(N)=O)[N+]#[C-].[3H]P(C)C(=O)CCC(C)(CC(SC(=S)SCCCCCCCCCCCC)C(N)=O)[N+]#[C-].[3H]P(C)C(=O)CCC(C)(CC(SC1CC(=O)N(C)C1=O)C(N)=O)[N+]#[C-]. The van der Waals surface area contributed by atoms with Crippen molar-refractivity contribution >= 4 is 186 Å². The summed E-state index contributed by atoms with van der Waals surface area (Å²) in [5.41, 5.74) is 23.6. The summed E-state index contributed by atoms with van der Waals surface area (Å²) in [5.74, 6) is -6.60. The number of amides is 9. The second kappa shape index (κ2) is 70.3. The van der Waals surface area contributed by atoms with E-state index in [0.717, 1.165) is 33.7 Å². The van der Waals surface area contributed by atoms with E-state index in [-0.39, 0.29) is 172 Å². The van der Waals surface area contributed by atoms with Gasteiger partial charge in [-0.2, -0.15) is 10.5 Å². The Hall–Kier alpha value is -7.46. The zero-order chi connectivity index (χ0) is 106. The average molecular weight is 1990 g/mol. The lowest BCUT2D eigenvalue weighted by molar-refractivity contribution is -0.138. The summed E-state index contributed by atoms with van der Waals surface area (Å²) < 4.78 is 38.0. The zero-order valence-electron chi connectivity index (χ0n) is 84.1. The number of likely N-dealkylation sites (N-methyl/N-ethyl adjacent to an activating group) is 1. The Balaban J connectivity index is -0.000000512. The molecule has 0 spiro atoms. The molecule has 2 heterocycles. The van der Waals surface area contributed by atoms with Crippen LogP contribution in [0.25, 0.3) is 24.2 Å². The number of carboxylic acid groups (broad SMARTS) is 1. The number of carboxylic acids is 1. The van der Waals surface area contributed by atoms with Gasteiger partial charge in [-0.15, -0.1) is 23.5 Å². The molecule has 41 heteroatoms. The summed E-state index contributed by atoms with van der Waals surface area (Å²) >= 11 is 9.32. The van der Waals surface area contributed by atoms with Crippen LogP contribution in [0.5, 0.6) is 0 Å². The number of primary amides is 5. The number of aliphatic carboxylic acids is 1. The summed E-state index contributed by atoms with van der Waals surface area (Å²) in [5, 5.41) is 25.9. The minimum atomic E-state index is -1.49. The lowest BCUT2D eigenvalue weighted by Gasteiger charge is -2.32. The van der Waals surface area contributed by atoms with Gasteiger partial charge in [0.1, 0.15) is 9.31 Å². The molecule has 0 saturated carbocycles. The summed E-state index contributed by atoms with van der Waals surface area (Å²) in [6, 6.07) is 4.10. The van der Waals surface area contributed by atoms with Gasteiger partial charge in [0.25, 0.3) is 11.8 Å². The number of Topliss-reactive ketones (excluding diaryl/α,β-unsaturated/α-hetero) is 1. The molecule has 2 aliphatic heterocycles. The number of carbonyl (C=O) groups excluding carboxylic acids is 15. The van der Waals surface area contributed by atoms with Gasteiger partial charge in [0, 0.05) is 189 Å². The number of thiocarbonyl (C=S) groups is 1. The molecule has 0 bridgehead atoms. The highest BCUT2D eigenvalue weighted by Gasteiger charge is 2.49. The van der Waals surface area contributed by atoms with E-state index in [2.05, 4.69) is 43.0 Å². The van der Waals surface area contributed by atoms with Crippen molar-refractivity contribution in [2.45, 2.75) is 312 Å². The Kier molecular flexibility index (Phi) is 65.2. The van der Waals surface area contributed by atoms with Crippen molar-refractivity contribution in [2.24, 2.45) is 63.0 Å². The van der Waals surface area contributed by atoms with Crippen LogP contribution in [0.15, 0.2) is 12.2 Å². The van der Waals surface area contributed by atoms with E-state index >= 15 is 0 Å². The van der Waals surface area contributed by atoms with E-state index < -0.39 is 144 Å². The molecule has 18 atom stereocenters. The van der Waals surface area contributed by atoms with Crippen LogP contribution in [-0.2, 0) is 76.7 Å². The molecule has 726 valence electrons. The molecule has 18 unspecified atom stereocenters. The molecule has 1 fully saturated rings. The number of rotatable bonds is 58. The highest BCUT2D eigenvalue weighted by molar-refractivity contribution is 8.47. The van der Waals surface area contributed by atoms with E-state index in [1.807, 2.05) is 6.07 Å². The van der Waals surface area contributed by atoms with Gasteiger partial charge in [0.2, 0.25) is 69.0 Å². The first-order valence-corrected chi connectivity index (χ1v) is 52.5. The van der Waals surface area contributed by atoms with Gasteiger partial charge in [-0.3, -0.25) is 86.5 Å². The van der Waals surface area contributed by atoms with E-state index in [4.69, 9.17) is 85.2 Å². The maximum absolute atomic E-state index is 12.0. The third-order valence-electron chi connectivity index (χ3n) is 22.0. The third-order valence-corrected chi connectivity index (χ3v) is 29.9. The number of carbonyl (C=O) groups is 16. The van der Waals surface area contributed by atoms with Crippen molar-refractivity contribution < 1.29 is 81.8 Å². The predicted octanol–water partition coefficient (Wildman–Crippen LogP) is 14.3. The quantitative estimate of drug-likeness (QED) is 0.00977. The van der Waals surface area contributed by atoms with Crippen LogP contribution in [-0.4, -0.2) is 221 Å². The Labute approximate surface area is 806 Å². The van der Waals surface area contributed by atoms with Crippen molar-refractivity contribution in [3.63, 3.8) is 0 Å². The van der Waals surface area contributed by atoms with E-state index in [9.17, 15) is 87.2 Å². The van der Waals surface area contributed by atoms with Crippen molar-refractivity contribution in [3.8, 4) is 12.1 Å². The number of nitrogens with two attached hydrogens (primary N) is 6. The monoisotopic (exact) mass is 1990 g/mol. The van der Waals surface area contributed by atoms with Crippen LogP contribution in [0.4, 0.5) is 0 Å². The molecule has 0 radical (unpaired) electrons. The lowest BCUT2D eigenvalue weighted by atomic mass is 9.68. The zero-order valence-corrected chi connectivity index (χ0v) is 86.8. The van der Waals surface area contributed by atoms with E-state index in [0.29, 0.717) is 29.2 Å². The molecule has 0 aliphatic carbocycles. The van der Waals surface area contributed by atoms with Crippen molar-refractivity contribution in [3.05, 3.63) is 69.2 Å². The molecule has 0 aromatic heterocycles. The molecule has 32 nitrogen and oxygen atoms in total. The molecule has 13 N–H and O–H groups in total. The first kappa shape index (κ1) is 121. The largest absolute Gasteiger partial charge is 0.481 e. The second-order valence-corrected chi connectivity index (χ2v) is 42.7. The van der Waals surface area contributed by atoms with E-state index in [1.54, 1.807) is 80.5 Å². The Morgan fingerprint density at radius 3 is 1.08 bits per heavy atom. The summed E-state index contributed by atoms with van der Waals surface area (Å²) in [7, 11) is -2.81. The molecule has 0 aromatic carbocycles. The number of imide groups is 2. The van der Waals surface area contributed by atoms with Gasteiger partial charge in [0.15, 0.2) is 27.6 Å². The van der Waals surface area contributed by atoms with Gasteiger partial charge in [0.05, 0.1) is 56.9 Å². The van der Waals surface area contributed by atoms with Crippen LogP contribution in [0.2, 0.25) is 0 Å². The van der Waals surface area contributed by atoms with Crippen LogP contribution in [0, 0.1) is 84.1 Å². The van der Waals surface area contributed by atoms with Crippen molar-refractivity contribution in [2.75, 3.05) is 60.2 Å². The minimum absolute atomic E-state index is 0.0000182. The third kappa shape index (κ3) is 56.5. The maximum atomic E-state index is 12.0. The van der Waals surface area contributed by atoms with Crippen LogP contribution < -0.4 is 34.4 Å². The first-order valence-electron chi connectivity index (χ1n) is 44.8. The summed E-state index contributed by atoms with van der Waals surface area (Å²) in [6.45, 7) is 61.9. The highest BCUT2D eigenvalue weighted by atomic mass is 32.2. The normalized spacial score (nSPS) is 18.4. The number of thioether (sulfide) groups is 3. The van der Waals surface area contributed by atoms with E-state index in [1.165, 1.54) is 130 Å². The smallest absolute Gasteiger partial charge is 0.303 e. The van der Waals surface area contributed by atoms with Crippen LogP contribution in [0.3, 0.4) is 0 Å². The molecule has 2 aliphatic rings. The molecular formula is C89H144N15O17P5S4. The lowest BCUT2D eigenvalue weighted by Crippen LogP contribution is -2.41. The standard InChI is InChI=1S/C23H41N2O2PS3.C18H28N3O3P.C16H24N3O4P.C15H22N3O4PS.C11H19N2O2P.C5H5NO2.CH5N/c1-5-6-7-8-9-10-11-12-13-14-17-30-22(29)31-19(21(24)27)18-23(2,25-3)16-15-20(26)28-4;1-6-13(22)7-9-17(2,12-19)14(16(20)24)11-18(3,21-4)10-8-15(23)25-5;1-15(10-17,7-5-12(20)21)11(14(18)23)9-16(2,19-3)8-6-13(22)24-4;1-15(17-2,6-5-12(20)23-4)8-10(13(16)21)24-9-7-11(19)18(3)14(9)22;1-8(10(12)15)7-11(2,13-3)6-5-9(14)16-4;1-6-4(7)2-3-5(6)8;1-2/h19,28H,5-18H2,1-2,4H3,(H2,24,27);14,25H,6-11H2,1-3,5H3,(H2,20,24);11,24H,5-9H2,1-2,4H3,(H2,18,23)(H,20,21);9-10,23H,5-8H2,1,3-4H3,(H2,16,21);8,16H,5-7H2,1-2,4H3,(H2,12,15);2-3H,1H3;2H2,1H3/i28T;25T;24T;23T;16T;;. The molecule has 130 heavy (non-hydrogen) atoms. The average Bonchev–Trinajstić information content (AvgIpc) is 1.48. The molecular weight excluding hydrogens is 1830 g/mol. The Morgan fingerprint density at radius 1 is 0.500 bits per heavy atom. The number of nitriles is 2. The summed E-state index contributed by atoms with van der Waals surface area (Å²) in [6.07, 6.45) is 18.5. The first-order chi connectivity index (χ1) is 62.4. The number of likely N-dealkylation sites (tertiary alicyclic amines) is 1. The molecule has 1 saturated heterocycles. The van der Waals surface area contributed by atoms with Crippen LogP contribution >= 0.6 is 90.1 Å². The van der Waals surface area contributed by atoms with Gasteiger partial charge in [-0.05, 0) is 79.2 Å². The Bertz CT molecular complexity index is 4320. The van der Waals surface area contributed by atoms with Gasteiger partial charge < -0.3 is 63.7 Å². The highest BCUT2D eigenvalue weighted by Crippen LogP contribution is 2.43. The van der Waals surface area contributed by atoms with Crippen molar-refractivity contribution in [1.82, 2.24) is 9.80 Å². The second-order valence-electron chi connectivity index (χ2n) is 33.1. The number of hydrogen-bond donors (Lipinski definition) is 7. The Morgan fingerprint density at radius 2 is 0.815 bits per heavy atom. The minimum Gasteiger partial charge on any atom is -0.481 e. The predicted molar refractivity (Wildman–Crippen MR) is 534 cm³/mol. The van der Waals surface area contributed by atoms with Crippen molar-refractivity contribution in [1.29, 1.82) is 16.9 Å². The topological polar surface area (TPSA) is 525 Å². The fourth-order valence-corrected chi connectivity index (χ4v) is 18.5. The summed E-state index contributed by atoms with van der Waals surface area (Å²) in [4.78, 5) is 204. The van der Waals surface area contributed by atoms with Gasteiger partial charge in [-0.25, -0.2) is 32.9 Å². The number of hydrogen-bond acceptors (Lipinski definition) is 23. The van der Waals surface area contributed by atoms with Crippen LogP contribution in [0.1, 0.15) is 268 Å².